The van der Waals surface area contributed by atoms with Crippen molar-refractivity contribution in [3.05, 3.63) is 48.2 Å². The second kappa shape index (κ2) is 9.26. The van der Waals surface area contributed by atoms with Gasteiger partial charge in [0.25, 0.3) is 0 Å². The van der Waals surface area contributed by atoms with Gasteiger partial charge >= 0.3 is 18.0 Å². The molecule has 2 rings (SSSR count). The first-order valence-corrected chi connectivity index (χ1v) is 8.87. The summed E-state index contributed by atoms with van der Waals surface area (Å²) in [4.78, 5) is 28.4. The number of halogens is 3. The van der Waals surface area contributed by atoms with Gasteiger partial charge in [-0.2, -0.15) is 13.2 Å². The summed E-state index contributed by atoms with van der Waals surface area (Å²) in [6, 6.07) is 9.69. The smallest absolute Gasteiger partial charge is 0.422 e. The Hall–Kier alpha value is -2.75. The van der Waals surface area contributed by atoms with Gasteiger partial charge in [0.2, 0.25) is 5.88 Å². The third-order valence-electron chi connectivity index (χ3n) is 3.19. The molecule has 144 valence electrons. The zero-order chi connectivity index (χ0) is 19.9. The molecule has 0 fully saturated rings. The molecule has 0 radical (unpaired) electrons. The van der Waals surface area contributed by atoms with Crippen LogP contribution in [0.3, 0.4) is 0 Å². The molecule has 0 aliphatic rings. The number of alkyl halides is 3. The Balaban J connectivity index is 1.86. The van der Waals surface area contributed by atoms with Gasteiger partial charge < -0.3 is 15.4 Å². The molecule has 27 heavy (non-hydrogen) atoms. The molecular formula is C17H16F3N3O3S. The summed E-state index contributed by atoms with van der Waals surface area (Å²) < 4.78 is 41.0. The van der Waals surface area contributed by atoms with Crippen molar-refractivity contribution >= 4 is 29.3 Å². The Bertz CT molecular complexity index is 798. The second-order valence-corrected chi connectivity index (χ2v) is 6.15. The number of carbonyl (C=O) groups is 2. The summed E-state index contributed by atoms with van der Waals surface area (Å²) in [5.74, 6) is -1.95. The third-order valence-corrected chi connectivity index (χ3v) is 3.93. The van der Waals surface area contributed by atoms with E-state index in [1.807, 2.05) is 6.26 Å². The molecule has 2 aromatic rings. The van der Waals surface area contributed by atoms with Gasteiger partial charge in [0.15, 0.2) is 6.61 Å². The van der Waals surface area contributed by atoms with Crippen LogP contribution in [0.2, 0.25) is 0 Å². The van der Waals surface area contributed by atoms with E-state index in [0.29, 0.717) is 11.3 Å². The first-order valence-electron chi connectivity index (χ1n) is 7.64. The lowest BCUT2D eigenvalue weighted by Crippen LogP contribution is -2.34. The predicted molar refractivity (Wildman–Crippen MR) is 94.5 cm³/mol. The summed E-state index contributed by atoms with van der Waals surface area (Å²) in [5, 5.41) is 4.84. The van der Waals surface area contributed by atoms with Crippen LogP contribution in [0.4, 0.5) is 18.9 Å². The van der Waals surface area contributed by atoms with Crippen molar-refractivity contribution in [3.8, 4) is 5.88 Å². The molecule has 2 amide bonds. The van der Waals surface area contributed by atoms with Crippen molar-refractivity contribution in [2.45, 2.75) is 17.6 Å². The van der Waals surface area contributed by atoms with Crippen LogP contribution in [0.1, 0.15) is 5.56 Å². The summed E-state index contributed by atoms with van der Waals surface area (Å²) in [6.45, 7) is -1.53. The maximum Gasteiger partial charge on any atom is 0.422 e. The number of aromatic nitrogens is 1. The van der Waals surface area contributed by atoms with Crippen LogP contribution in [0, 0.1) is 0 Å². The highest BCUT2D eigenvalue weighted by atomic mass is 32.2. The number of nitrogens with one attached hydrogen (secondary N) is 2. The topological polar surface area (TPSA) is 80.3 Å². The number of nitrogens with zero attached hydrogens (tertiary/aromatic N) is 1. The van der Waals surface area contributed by atoms with E-state index in [2.05, 4.69) is 20.4 Å². The van der Waals surface area contributed by atoms with Crippen LogP contribution < -0.4 is 15.4 Å². The van der Waals surface area contributed by atoms with Crippen LogP contribution in [0.25, 0.3) is 0 Å². The van der Waals surface area contributed by atoms with Crippen molar-refractivity contribution in [2.24, 2.45) is 0 Å². The fourth-order valence-corrected chi connectivity index (χ4v) is 2.33. The molecule has 1 aromatic carbocycles. The Labute approximate surface area is 157 Å². The minimum absolute atomic E-state index is 0.0669. The number of ether oxygens (including phenoxy) is 1. The van der Waals surface area contributed by atoms with Gasteiger partial charge in [0.05, 0.1) is 0 Å². The Kier molecular flexibility index (Phi) is 7.05. The molecule has 1 aromatic heterocycles. The number of carbonyl (C=O) groups excluding carboxylic acids is 2. The highest BCUT2D eigenvalue weighted by Gasteiger charge is 2.28. The van der Waals surface area contributed by atoms with Crippen molar-refractivity contribution in [2.75, 3.05) is 18.2 Å². The molecule has 0 aliphatic heterocycles. The average molecular weight is 399 g/mol. The van der Waals surface area contributed by atoms with E-state index >= 15 is 0 Å². The summed E-state index contributed by atoms with van der Waals surface area (Å²) in [7, 11) is 0. The van der Waals surface area contributed by atoms with E-state index in [4.69, 9.17) is 0 Å². The Morgan fingerprint density at radius 1 is 1.15 bits per heavy atom. The number of hydrogen-bond acceptors (Lipinski definition) is 5. The number of rotatable bonds is 6. The average Bonchev–Trinajstić information content (AvgIpc) is 2.65. The number of amides is 2. The molecular weight excluding hydrogens is 383 g/mol. The van der Waals surface area contributed by atoms with Gasteiger partial charge in [0.1, 0.15) is 0 Å². The Morgan fingerprint density at radius 3 is 2.48 bits per heavy atom. The predicted octanol–water partition coefficient (Wildman–Crippen LogP) is 3.00. The first-order chi connectivity index (χ1) is 12.8. The number of hydrogen-bond donors (Lipinski definition) is 2. The van der Waals surface area contributed by atoms with Gasteiger partial charge in [-0.3, -0.25) is 9.59 Å². The SMILES string of the molecule is CSc1ccc(NC(=O)C(=O)NCc2ccnc(OCC(F)(F)F)c2)cc1. The minimum Gasteiger partial charge on any atom is -0.468 e. The quantitative estimate of drug-likeness (QED) is 0.577. The highest BCUT2D eigenvalue weighted by Crippen LogP contribution is 2.18. The molecule has 0 saturated heterocycles. The van der Waals surface area contributed by atoms with E-state index in [1.165, 1.54) is 18.3 Å². The fraction of sp³-hybridized carbons (Fsp3) is 0.235. The molecule has 6 nitrogen and oxygen atoms in total. The van der Waals surface area contributed by atoms with Gasteiger partial charge in [-0.05, 0) is 42.2 Å². The van der Waals surface area contributed by atoms with Crippen LogP contribution in [-0.4, -0.2) is 35.8 Å². The van der Waals surface area contributed by atoms with Crippen LogP contribution in [-0.2, 0) is 16.1 Å². The van der Waals surface area contributed by atoms with Gasteiger partial charge in [-0.1, -0.05) is 0 Å². The summed E-state index contributed by atoms with van der Waals surface area (Å²) in [6.07, 6.45) is -1.31. The van der Waals surface area contributed by atoms with E-state index in [9.17, 15) is 22.8 Å². The second-order valence-electron chi connectivity index (χ2n) is 5.27. The van der Waals surface area contributed by atoms with Gasteiger partial charge in [-0.15, -0.1) is 11.8 Å². The highest BCUT2D eigenvalue weighted by molar-refractivity contribution is 7.98. The monoisotopic (exact) mass is 399 g/mol. The number of benzene rings is 1. The van der Waals surface area contributed by atoms with E-state index < -0.39 is 24.6 Å². The summed E-state index contributed by atoms with van der Waals surface area (Å²) in [5.41, 5.74) is 0.910. The lowest BCUT2D eigenvalue weighted by atomic mass is 10.2. The molecule has 2 N–H and O–H groups in total. The normalized spacial score (nSPS) is 11.0. The van der Waals surface area contributed by atoms with Crippen molar-refractivity contribution in [1.29, 1.82) is 0 Å². The summed E-state index contributed by atoms with van der Waals surface area (Å²) >= 11 is 1.54. The van der Waals surface area contributed by atoms with Crippen molar-refractivity contribution in [1.82, 2.24) is 10.3 Å². The van der Waals surface area contributed by atoms with E-state index in [-0.39, 0.29) is 12.4 Å². The lowest BCUT2D eigenvalue weighted by Gasteiger charge is -2.10. The van der Waals surface area contributed by atoms with Crippen molar-refractivity contribution < 1.29 is 27.5 Å². The molecule has 0 atom stereocenters. The lowest BCUT2D eigenvalue weighted by molar-refractivity contribution is -0.154. The first kappa shape index (κ1) is 20.6. The van der Waals surface area contributed by atoms with Gasteiger partial charge in [0, 0.05) is 29.4 Å². The molecule has 10 heteroatoms. The maximum absolute atomic E-state index is 12.2. The van der Waals surface area contributed by atoms with Crippen molar-refractivity contribution in [3.63, 3.8) is 0 Å². The third kappa shape index (κ3) is 7.18. The largest absolute Gasteiger partial charge is 0.468 e. The molecule has 0 saturated carbocycles. The number of thioether (sulfide) groups is 1. The van der Waals surface area contributed by atoms with E-state index in [1.54, 1.807) is 36.0 Å². The maximum atomic E-state index is 12.2. The molecule has 0 spiro atoms. The standard InChI is InChI=1S/C17H16F3N3O3S/c1-27-13-4-2-12(3-5-13)23-16(25)15(24)22-9-11-6-7-21-14(8-11)26-10-17(18,19)20/h2-8H,9-10H2,1H3,(H,22,24)(H,23,25). The van der Waals surface area contributed by atoms with E-state index in [0.717, 1.165) is 4.90 Å². The van der Waals surface area contributed by atoms with Gasteiger partial charge in [-0.25, -0.2) is 4.98 Å². The van der Waals surface area contributed by atoms with Crippen LogP contribution >= 0.6 is 11.8 Å². The Morgan fingerprint density at radius 2 is 1.85 bits per heavy atom. The molecule has 0 bridgehead atoms. The van der Waals surface area contributed by atoms with Crippen LogP contribution in [0.5, 0.6) is 5.88 Å². The minimum atomic E-state index is -4.47. The number of pyridine rings is 1. The zero-order valence-corrected chi connectivity index (χ0v) is 15.0. The molecule has 1 heterocycles. The fourth-order valence-electron chi connectivity index (χ4n) is 1.92. The number of anilines is 1. The zero-order valence-electron chi connectivity index (χ0n) is 14.2. The van der Waals surface area contributed by atoms with Crippen LogP contribution in [0.15, 0.2) is 47.5 Å². The molecule has 0 unspecified atom stereocenters. The molecule has 0 aliphatic carbocycles.